The SMILES string of the molecule is CC(O)CC(=O)OC(C)CC(=O)OCCCCO. The molecule has 106 valence electrons. The van der Waals surface area contributed by atoms with E-state index < -0.39 is 24.1 Å². The van der Waals surface area contributed by atoms with Gasteiger partial charge in [-0.05, 0) is 26.7 Å². The molecule has 0 saturated heterocycles. The molecule has 18 heavy (non-hydrogen) atoms. The summed E-state index contributed by atoms with van der Waals surface area (Å²) in [5.74, 6) is -0.976. The quantitative estimate of drug-likeness (QED) is 0.461. The summed E-state index contributed by atoms with van der Waals surface area (Å²) in [4.78, 5) is 22.5. The van der Waals surface area contributed by atoms with E-state index in [1.165, 1.54) is 6.92 Å². The Morgan fingerprint density at radius 3 is 2.33 bits per heavy atom. The van der Waals surface area contributed by atoms with Crippen LogP contribution in [0.1, 0.15) is 39.5 Å². The van der Waals surface area contributed by atoms with Crippen LogP contribution in [0.4, 0.5) is 0 Å². The van der Waals surface area contributed by atoms with Crippen LogP contribution in [0.3, 0.4) is 0 Å². The molecule has 0 fully saturated rings. The predicted molar refractivity (Wildman–Crippen MR) is 63.7 cm³/mol. The van der Waals surface area contributed by atoms with Gasteiger partial charge in [-0.15, -0.1) is 0 Å². The highest BCUT2D eigenvalue weighted by atomic mass is 16.6. The first-order valence-corrected chi connectivity index (χ1v) is 6.09. The number of hydrogen-bond donors (Lipinski definition) is 2. The second kappa shape index (κ2) is 9.85. The fourth-order valence-corrected chi connectivity index (χ4v) is 1.25. The smallest absolute Gasteiger partial charge is 0.309 e. The van der Waals surface area contributed by atoms with E-state index in [4.69, 9.17) is 19.7 Å². The molecule has 2 N–H and O–H groups in total. The molecule has 6 heteroatoms. The van der Waals surface area contributed by atoms with Crippen molar-refractivity contribution in [2.75, 3.05) is 13.2 Å². The number of rotatable bonds is 9. The van der Waals surface area contributed by atoms with Crippen LogP contribution in [0.25, 0.3) is 0 Å². The number of unbranched alkanes of at least 4 members (excludes halogenated alkanes) is 1. The first kappa shape index (κ1) is 16.9. The Labute approximate surface area is 107 Å². The van der Waals surface area contributed by atoms with Crippen molar-refractivity contribution in [3.05, 3.63) is 0 Å². The van der Waals surface area contributed by atoms with Crippen LogP contribution < -0.4 is 0 Å². The van der Waals surface area contributed by atoms with Crippen LogP contribution in [0.5, 0.6) is 0 Å². The Kier molecular flexibility index (Phi) is 9.22. The first-order valence-electron chi connectivity index (χ1n) is 6.09. The maximum Gasteiger partial charge on any atom is 0.309 e. The van der Waals surface area contributed by atoms with Crippen LogP contribution in [0, 0.1) is 0 Å². The van der Waals surface area contributed by atoms with E-state index in [0.717, 1.165) is 0 Å². The fraction of sp³-hybridized carbons (Fsp3) is 0.833. The number of ether oxygens (including phenoxy) is 2. The van der Waals surface area contributed by atoms with E-state index in [0.29, 0.717) is 12.8 Å². The fourth-order valence-electron chi connectivity index (χ4n) is 1.25. The molecule has 2 unspecified atom stereocenters. The zero-order valence-electron chi connectivity index (χ0n) is 10.9. The van der Waals surface area contributed by atoms with Gasteiger partial charge in [-0.25, -0.2) is 0 Å². The number of aliphatic hydroxyl groups is 2. The van der Waals surface area contributed by atoms with Gasteiger partial charge in [0.25, 0.3) is 0 Å². The van der Waals surface area contributed by atoms with Gasteiger partial charge in [-0.3, -0.25) is 9.59 Å². The molecular weight excluding hydrogens is 240 g/mol. The molecule has 0 amide bonds. The van der Waals surface area contributed by atoms with Crippen molar-refractivity contribution in [2.45, 2.75) is 51.7 Å². The van der Waals surface area contributed by atoms with Crippen LogP contribution in [0.15, 0.2) is 0 Å². The summed E-state index contributed by atoms with van der Waals surface area (Å²) in [6, 6.07) is 0. The Morgan fingerprint density at radius 1 is 1.11 bits per heavy atom. The van der Waals surface area contributed by atoms with E-state index in [1.54, 1.807) is 6.92 Å². The largest absolute Gasteiger partial charge is 0.466 e. The van der Waals surface area contributed by atoms with E-state index in [1.807, 2.05) is 0 Å². The highest BCUT2D eigenvalue weighted by Gasteiger charge is 2.15. The Morgan fingerprint density at radius 2 is 1.78 bits per heavy atom. The van der Waals surface area contributed by atoms with E-state index in [2.05, 4.69) is 0 Å². The Bertz CT molecular complexity index is 251. The highest BCUT2D eigenvalue weighted by molar-refractivity contribution is 5.72. The minimum atomic E-state index is -0.755. The third kappa shape index (κ3) is 10.0. The number of carbonyl (C=O) groups is 2. The number of esters is 2. The monoisotopic (exact) mass is 262 g/mol. The first-order chi connectivity index (χ1) is 8.45. The highest BCUT2D eigenvalue weighted by Crippen LogP contribution is 2.04. The minimum absolute atomic E-state index is 0.00925. The van der Waals surface area contributed by atoms with Crippen molar-refractivity contribution in [1.29, 1.82) is 0 Å². The van der Waals surface area contributed by atoms with Gasteiger partial charge >= 0.3 is 11.9 Å². The van der Waals surface area contributed by atoms with Gasteiger partial charge in [0.2, 0.25) is 0 Å². The Hall–Kier alpha value is -1.14. The third-order valence-corrected chi connectivity index (χ3v) is 2.06. The van der Waals surface area contributed by atoms with Gasteiger partial charge in [0.05, 0.1) is 25.6 Å². The molecule has 0 saturated carbocycles. The molecule has 0 bridgehead atoms. The Balaban J connectivity index is 3.69. The zero-order chi connectivity index (χ0) is 14.0. The van der Waals surface area contributed by atoms with Gasteiger partial charge in [0.1, 0.15) is 6.10 Å². The lowest BCUT2D eigenvalue weighted by Gasteiger charge is -2.13. The molecule has 0 aromatic rings. The second-order valence-corrected chi connectivity index (χ2v) is 4.21. The average molecular weight is 262 g/mol. The van der Waals surface area contributed by atoms with Crippen LogP contribution in [0.2, 0.25) is 0 Å². The lowest BCUT2D eigenvalue weighted by atomic mass is 10.2. The molecule has 0 rings (SSSR count). The van der Waals surface area contributed by atoms with Crippen molar-refractivity contribution in [2.24, 2.45) is 0 Å². The van der Waals surface area contributed by atoms with Crippen molar-refractivity contribution in [1.82, 2.24) is 0 Å². The molecule has 0 aliphatic carbocycles. The summed E-state index contributed by atoms with van der Waals surface area (Å²) < 4.78 is 9.81. The summed E-state index contributed by atoms with van der Waals surface area (Å²) in [5.41, 5.74) is 0. The van der Waals surface area contributed by atoms with Gasteiger partial charge in [0, 0.05) is 6.61 Å². The van der Waals surface area contributed by atoms with Crippen LogP contribution in [-0.2, 0) is 19.1 Å². The lowest BCUT2D eigenvalue weighted by Crippen LogP contribution is -2.22. The minimum Gasteiger partial charge on any atom is -0.466 e. The molecular formula is C12H22O6. The number of aliphatic hydroxyl groups excluding tert-OH is 2. The van der Waals surface area contributed by atoms with Gasteiger partial charge in [-0.2, -0.15) is 0 Å². The number of hydrogen-bond acceptors (Lipinski definition) is 6. The summed E-state index contributed by atoms with van der Waals surface area (Å²) >= 11 is 0. The summed E-state index contributed by atoms with van der Waals surface area (Å²) in [7, 11) is 0. The molecule has 0 aromatic heterocycles. The third-order valence-electron chi connectivity index (χ3n) is 2.06. The molecule has 6 nitrogen and oxygen atoms in total. The summed E-state index contributed by atoms with van der Waals surface area (Å²) in [6.45, 7) is 3.41. The molecule has 0 aliphatic rings. The van der Waals surface area contributed by atoms with E-state index in [-0.39, 0.29) is 26.1 Å². The summed E-state index contributed by atoms with van der Waals surface area (Å²) in [6.07, 6.45) is -0.220. The van der Waals surface area contributed by atoms with Crippen LogP contribution in [-0.4, -0.2) is 47.6 Å². The molecule has 0 radical (unpaired) electrons. The second-order valence-electron chi connectivity index (χ2n) is 4.21. The van der Waals surface area contributed by atoms with Crippen molar-refractivity contribution in [3.8, 4) is 0 Å². The molecule has 0 spiro atoms. The summed E-state index contributed by atoms with van der Waals surface area (Å²) in [5, 5.41) is 17.5. The lowest BCUT2D eigenvalue weighted by molar-refractivity contribution is -0.155. The topological polar surface area (TPSA) is 93.1 Å². The maximum absolute atomic E-state index is 11.3. The molecule has 0 heterocycles. The molecule has 2 atom stereocenters. The van der Waals surface area contributed by atoms with E-state index >= 15 is 0 Å². The average Bonchev–Trinajstić information content (AvgIpc) is 2.22. The molecule has 0 aliphatic heterocycles. The number of carbonyl (C=O) groups excluding carboxylic acids is 2. The van der Waals surface area contributed by atoms with Crippen molar-refractivity contribution >= 4 is 11.9 Å². The van der Waals surface area contributed by atoms with Gasteiger partial charge < -0.3 is 19.7 Å². The zero-order valence-corrected chi connectivity index (χ0v) is 10.9. The normalized spacial score (nSPS) is 13.8. The van der Waals surface area contributed by atoms with Crippen molar-refractivity contribution < 1.29 is 29.3 Å². The standard InChI is InChI=1S/C12H22O6/c1-9(14)7-12(16)18-10(2)8-11(15)17-6-4-3-5-13/h9-10,13-14H,3-8H2,1-2H3. The van der Waals surface area contributed by atoms with Gasteiger partial charge in [0.15, 0.2) is 0 Å². The van der Waals surface area contributed by atoms with Crippen molar-refractivity contribution in [3.63, 3.8) is 0 Å². The van der Waals surface area contributed by atoms with Gasteiger partial charge in [-0.1, -0.05) is 0 Å². The molecule has 0 aromatic carbocycles. The van der Waals surface area contributed by atoms with E-state index in [9.17, 15) is 9.59 Å². The predicted octanol–water partition coefficient (Wildman–Crippen LogP) is 0.395. The van der Waals surface area contributed by atoms with Crippen LogP contribution >= 0.6 is 0 Å². The maximum atomic E-state index is 11.3.